The van der Waals surface area contributed by atoms with Gasteiger partial charge in [-0.3, -0.25) is 4.79 Å². The van der Waals surface area contributed by atoms with Crippen LogP contribution >= 0.6 is 15.9 Å². The Morgan fingerprint density at radius 3 is 2.69 bits per heavy atom. The summed E-state index contributed by atoms with van der Waals surface area (Å²) in [6.07, 6.45) is 3.71. The van der Waals surface area contributed by atoms with Crippen molar-refractivity contribution in [2.24, 2.45) is 0 Å². The smallest absolute Gasteiger partial charge is 0.220 e. The fourth-order valence-electron chi connectivity index (χ4n) is 1.78. The van der Waals surface area contributed by atoms with Gasteiger partial charge in [-0.15, -0.1) is 0 Å². The fourth-order valence-corrected chi connectivity index (χ4v) is 3.95. The molecule has 6 heteroatoms. The van der Waals surface area contributed by atoms with E-state index in [1.807, 2.05) is 0 Å². The van der Waals surface area contributed by atoms with E-state index in [0.29, 0.717) is 12.8 Å². The highest BCUT2D eigenvalue weighted by atomic mass is 79.9. The molecule has 0 aromatic carbocycles. The number of halogens is 1. The lowest BCUT2D eigenvalue weighted by Gasteiger charge is -2.10. The average molecular weight is 312 g/mol. The van der Waals surface area contributed by atoms with Crippen LogP contribution in [-0.2, 0) is 14.6 Å². The Kier molecular flexibility index (Phi) is 5.75. The highest BCUT2D eigenvalue weighted by molar-refractivity contribution is 9.09. The molecule has 0 aromatic heterocycles. The maximum absolute atomic E-state index is 11.5. The molecule has 1 unspecified atom stereocenters. The number of rotatable bonds is 6. The van der Waals surface area contributed by atoms with E-state index in [-0.39, 0.29) is 23.5 Å². The van der Waals surface area contributed by atoms with Gasteiger partial charge in [0.1, 0.15) is 0 Å². The Labute approximate surface area is 105 Å². The molecular formula is C10H18BrNO3S. The number of sulfone groups is 1. The zero-order valence-electron chi connectivity index (χ0n) is 9.25. The topological polar surface area (TPSA) is 63.2 Å². The standard InChI is InChI=1S/C10H18BrNO3S/c11-6-2-1-5-10(13)12-8-9-4-3-7-16(9,14)15/h9H,1-8H2,(H,12,13). The Morgan fingerprint density at radius 2 is 2.12 bits per heavy atom. The third-order valence-electron chi connectivity index (χ3n) is 2.78. The largest absolute Gasteiger partial charge is 0.355 e. The van der Waals surface area contributed by atoms with Gasteiger partial charge in [0, 0.05) is 18.3 Å². The summed E-state index contributed by atoms with van der Waals surface area (Å²) in [5.41, 5.74) is 0. The Morgan fingerprint density at radius 1 is 1.38 bits per heavy atom. The monoisotopic (exact) mass is 311 g/mol. The first-order chi connectivity index (χ1) is 7.56. The third kappa shape index (κ3) is 4.41. The van der Waals surface area contributed by atoms with Crippen LogP contribution in [0.4, 0.5) is 0 Å². The molecule has 0 bridgehead atoms. The second kappa shape index (κ2) is 6.59. The summed E-state index contributed by atoms with van der Waals surface area (Å²) in [6, 6.07) is 0. The van der Waals surface area contributed by atoms with Crippen LogP contribution in [0.5, 0.6) is 0 Å². The lowest BCUT2D eigenvalue weighted by molar-refractivity contribution is -0.121. The van der Waals surface area contributed by atoms with Crippen molar-refractivity contribution in [1.29, 1.82) is 0 Å². The van der Waals surface area contributed by atoms with Crippen LogP contribution in [0.15, 0.2) is 0 Å². The van der Waals surface area contributed by atoms with Crippen molar-refractivity contribution in [3.05, 3.63) is 0 Å². The van der Waals surface area contributed by atoms with E-state index >= 15 is 0 Å². The van der Waals surface area contributed by atoms with Crippen molar-refractivity contribution < 1.29 is 13.2 Å². The van der Waals surface area contributed by atoms with Crippen molar-refractivity contribution >= 4 is 31.7 Å². The minimum Gasteiger partial charge on any atom is -0.355 e. The lowest BCUT2D eigenvalue weighted by atomic mass is 10.2. The van der Waals surface area contributed by atoms with Crippen molar-refractivity contribution in [3.63, 3.8) is 0 Å². The van der Waals surface area contributed by atoms with Gasteiger partial charge in [0.15, 0.2) is 9.84 Å². The fraction of sp³-hybridized carbons (Fsp3) is 0.900. The number of unbranched alkanes of at least 4 members (excludes halogenated alkanes) is 1. The van der Waals surface area contributed by atoms with Crippen molar-refractivity contribution in [3.8, 4) is 0 Å². The minimum absolute atomic E-state index is 0.0388. The Bertz CT molecular complexity index is 329. The summed E-state index contributed by atoms with van der Waals surface area (Å²) in [4.78, 5) is 11.4. The van der Waals surface area contributed by atoms with Crippen LogP contribution in [0, 0.1) is 0 Å². The third-order valence-corrected chi connectivity index (χ3v) is 5.61. The van der Waals surface area contributed by atoms with Crippen molar-refractivity contribution in [1.82, 2.24) is 5.32 Å². The predicted molar refractivity (Wildman–Crippen MR) is 67.5 cm³/mol. The van der Waals surface area contributed by atoms with Gasteiger partial charge in [-0.25, -0.2) is 8.42 Å². The van der Waals surface area contributed by atoms with Gasteiger partial charge in [0.2, 0.25) is 5.91 Å². The first-order valence-electron chi connectivity index (χ1n) is 5.60. The molecule has 1 fully saturated rings. The predicted octanol–water partition coefficient (Wildman–Crippen LogP) is 1.24. The van der Waals surface area contributed by atoms with Gasteiger partial charge in [0.25, 0.3) is 0 Å². The van der Waals surface area contributed by atoms with Gasteiger partial charge in [0.05, 0.1) is 11.0 Å². The molecule has 1 saturated heterocycles. The molecule has 1 rings (SSSR count). The molecule has 1 atom stereocenters. The highest BCUT2D eigenvalue weighted by Crippen LogP contribution is 2.18. The zero-order chi connectivity index (χ0) is 12.0. The van der Waals surface area contributed by atoms with Crippen LogP contribution in [0.2, 0.25) is 0 Å². The van der Waals surface area contributed by atoms with Gasteiger partial charge in [-0.2, -0.15) is 0 Å². The van der Waals surface area contributed by atoms with Crippen LogP contribution in [0.25, 0.3) is 0 Å². The van der Waals surface area contributed by atoms with Gasteiger partial charge in [-0.05, 0) is 25.7 Å². The van der Waals surface area contributed by atoms with Crippen molar-refractivity contribution in [2.45, 2.75) is 37.4 Å². The van der Waals surface area contributed by atoms with E-state index in [1.165, 1.54) is 0 Å². The number of carbonyl (C=O) groups is 1. The molecule has 0 saturated carbocycles. The van der Waals surface area contributed by atoms with Crippen LogP contribution < -0.4 is 5.32 Å². The van der Waals surface area contributed by atoms with Crippen LogP contribution in [0.3, 0.4) is 0 Å². The van der Waals surface area contributed by atoms with E-state index in [1.54, 1.807) is 0 Å². The SMILES string of the molecule is O=C(CCCCBr)NCC1CCCS1(=O)=O. The van der Waals surface area contributed by atoms with Crippen LogP contribution in [-0.4, -0.2) is 37.2 Å². The summed E-state index contributed by atoms with van der Waals surface area (Å²) in [5.74, 6) is 0.236. The van der Waals surface area contributed by atoms with E-state index < -0.39 is 9.84 Å². The normalized spacial score (nSPS) is 23.2. The molecule has 94 valence electrons. The summed E-state index contributed by atoms with van der Waals surface area (Å²) in [7, 11) is -2.93. The number of hydrogen-bond acceptors (Lipinski definition) is 3. The molecule has 1 aliphatic rings. The number of hydrogen-bond donors (Lipinski definition) is 1. The van der Waals surface area contributed by atoms with E-state index in [4.69, 9.17) is 0 Å². The Balaban J connectivity index is 2.21. The van der Waals surface area contributed by atoms with E-state index in [2.05, 4.69) is 21.2 Å². The summed E-state index contributed by atoms with van der Waals surface area (Å²) >= 11 is 3.30. The Hall–Kier alpha value is -0.100. The molecule has 0 aliphatic carbocycles. The van der Waals surface area contributed by atoms with Crippen LogP contribution in [0.1, 0.15) is 32.1 Å². The molecule has 1 amide bonds. The molecule has 0 spiro atoms. The molecule has 1 heterocycles. The second-order valence-electron chi connectivity index (χ2n) is 4.08. The number of nitrogens with one attached hydrogen (secondary N) is 1. The maximum Gasteiger partial charge on any atom is 0.220 e. The molecule has 0 aromatic rings. The molecule has 4 nitrogen and oxygen atoms in total. The van der Waals surface area contributed by atoms with E-state index in [0.717, 1.165) is 24.6 Å². The van der Waals surface area contributed by atoms with Gasteiger partial charge in [-0.1, -0.05) is 15.9 Å². The summed E-state index contributed by atoms with van der Waals surface area (Å²) < 4.78 is 23.0. The molecule has 1 N–H and O–H groups in total. The molecule has 1 aliphatic heterocycles. The maximum atomic E-state index is 11.5. The summed E-state index contributed by atoms with van der Waals surface area (Å²) in [6.45, 7) is 0.287. The second-order valence-corrected chi connectivity index (χ2v) is 7.28. The van der Waals surface area contributed by atoms with Gasteiger partial charge >= 0.3 is 0 Å². The average Bonchev–Trinajstić information content (AvgIpc) is 2.55. The van der Waals surface area contributed by atoms with Crippen molar-refractivity contribution in [2.75, 3.05) is 17.6 Å². The number of alkyl halides is 1. The quantitative estimate of drug-likeness (QED) is 0.593. The minimum atomic E-state index is -2.93. The first-order valence-corrected chi connectivity index (χ1v) is 8.44. The number of amides is 1. The summed E-state index contributed by atoms with van der Waals surface area (Å²) in [5, 5.41) is 3.25. The molecular weight excluding hydrogens is 294 g/mol. The first kappa shape index (κ1) is 14.0. The number of carbonyl (C=O) groups excluding carboxylic acids is 1. The molecule has 16 heavy (non-hydrogen) atoms. The zero-order valence-corrected chi connectivity index (χ0v) is 11.6. The highest BCUT2D eigenvalue weighted by Gasteiger charge is 2.31. The van der Waals surface area contributed by atoms with Gasteiger partial charge < -0.3 is 5.32 Å². The van der Waals surface area contributed by atoms with E-state index in [9.17, 15) is 13.2 Å². The molecule has 0 radical (unpaired) electrons. The lowest BCUT2D eigenvalue weighted by Crippen LogP contribution is -2.34.